The molecule has 0 spiro atoms. The van der Waals surface area contributed by atoms with Crippen molar-refractivity contribution < 1.29 is 19.4 Å². The number of ether oxygens (including phenoxy) is 2. The lowest BCUT2D eigenvalue weighted by Crippen LogP contribution is -2.43. The third-order valence-corrected chi connectivity index (χ3v) is 7.54. The van der Waals surface area contributed by atoms with Gasteiger partial charge in [-0.2, -0.15) is 0 Å². The Hall–Kier alpha value is -1.81. The van der Waals surface area contributed by atoms with Gasteiger partial charge in [0.05, 0.1) is 6.10 Å². The first-order valence-electron chi connectivity index (χ1n) is 12.4. The largest absolute Gasteiger partial charge is 0.490 e. The van der Waals surface area contributed by atoms with Crippen molar-refractivity contribution in [1.29, 1.82) is 0 Å². The van der Waals surface area contributed by atoms with Crippen LogP contribution < -0.4 is 9.47 Å². The van der Waals surface area contributed by atoms with E-state index < -0.39 is 11.6 Å². The Balaban J connectivity index is 1.71. The molecule has 0 bridgehead atoms. The van der Waals surface area contributed by atoms with Crippen LogP contribution in [0.1, 0.15) is 102 Å². The second kappa shape index (κ2) is 9.36. The molecule has 2 unspecified atom stereocenters. The zero-order valence-electron chi connectivity index (χ0n) is 19.4. The van der Waals surface area contributed by atoms with Crippen molar-refractivity contribution in [3.63, 3.8) is 0 Å². The van der Waals surface area contributed by atoms with Crippen LogP contribution >= 0.6 is 0 Å². The number of hydrogen-bond acceptors (Lipinski definition) is 4. The number of carbonyl (C=O) groups excluding carboxylic acids is 1. The summed E-state index contributed by atoms with van der Waals surface area (Å²) in [5.41, 5.74) is 2.17. The molecule has 1 aliphatic heterocycles. The van der Waals surface area contributed by atoms with Crippen LogP contribution in [0, 0.1) is 5.92 Å². The highest BCUT2D eigenvalue weighted by Crippen LogP contribution is 2.50. The molecule has 0 aromatic heterocycles. The fraction of sp³-hybridized carbons (Fsp3) is 0.667. The lowest BCUT2D eigenvalue weighted by molar-refractivity contribution is -0.158. The Morgan fingerprint density at radius 2 is 2.00 bits per heavy atom. The summed E-state index contributed by atoms with van der Waals surface area (Å²) in [6.45, 7) is 6.55. The van der Waals surface area contributed by atoms with E-state index in [0.29, 0.717) is 24.5 Å². The lowest BCUT2D eigenvalue weighted by atomic mass is 9.72. The first-order valence-corrected chi connectivity index (χ1v) is 12.4. The maximum Gasteiger partial charge on any atom is 0.343 e. The van der Waals surface area contributed by atoms with Crippen molar-refractivity contribution in [3.8, 4) is 11.5 Å². The van der Waals surface area contributed by atoms with Gasteiger partial charge in [-0.3, -0.25) is 0 Å². The summed E-state index contributed by atoms with van der Waals surface area (Å²) < 4.78 is 12.4. The van der Waals surface area contributed by atoms with Gasteiger partial charge in [0, 0.05) is 17.4 Å². The smallest absolute Gasteiger partial charge is 0.343 e. The van der Waals surface area contributed by atoms with Crippen molar-refractivity contribution in [3.05, 3.63) is 34.9 Å². The minimum atomic E-state index is -1.36. The quantitative estimate of drug-likeness (QED) is 0.253. The molecule has 4 rings (SSSR count). The maximum absolute atomic E-state index is 13.1. The fourth-order valence-corrected chi connectivity index (χ4v) is 5.62. The molecule has 0 saturated heterocycles. The molecule has 1 N–H and O–H groups in total. The van der Waals surface area contributed by atoms with E-state index in [1.165, 1.54) is 18.4 Å². The highest BCUT2D eigenvalue weighted by Gasteiger charge is 2.42. The van der Waals surface area contributed by atoms with E-state index in [1.54, 1.807) is 0 Å². The minimum Gasteiger partial charge on any atom is -0.490 e. The Morgan fingerprint density at radius 1 is 1.23 bits per heavy atom. The van der Waals surface area contributed by atoms with Gasteiger partial charge in [-0.1, -0.05) is 37.8 Å². The highest BCUT2D eigenvalue weighted by atomic mass is 16.6. The zero-order chi connectivity index (χ0) is 22.0. The number of unbranched alkanes of at least 4 members (excludes halogenated alkanes) is 2. The lowest BCUT2D eigenvalue weighted by Gasteiger charge is -2.41. The van der Waals surface area contributed by atoms with Crippen LogP contribution in [0.4, 0.5) is 0 Å². The topological polar surface area (TPSA) is 55.8 Å². The number of fused-ring (bicyclic) bond motifs is 3. The molecule has 1 aromatic rings. The van der Waals surface area contributed by atoms with E-state index in [4.69, 9.17) is 9.47 Å². The molecule has 4 heteroatoms. The Labute approximate surface area is 187 Å². The van der Waals surface area contributed by atoms with Gasteiger partial charge in [0.15, 0.2) is 5.60 Å². The SMILES string of the molecule is CCCCCc1cc(OC(=O)C2(O)CCCCC2)c2c(c1)OC(C)[C@@H]1CCC(C)=CC21. The Bertz CT molecular complexity index is 834. The molecule has 1 aromatic carbocycles. The van der Waals surface area contributed by atoms with E-state index in [9.17, 15) is 9.90 Å². The number of allylic oxidation sites excluding steroid dienone is 2. The van der Waals surface area contributed by atoms with Gasteiger partial charge in [-0.25, -0.2) is 4.79 Å². The summed E-state index contributed by atoms with van der Waals surface area (Å²) in [6.07, 6.45) is 12.8. The number of esters is 1. The van der Waals surface area contributed by atoms with Crippen molar-refractivity contribution in [2.24, 2.45) is 5.92 Å². The minimum absolute atomic E-state index is 0.138. The predicted octanol–water partition coefficient (Wildman–Crippen LogP) is 6.24. The second-order valence-electron chi connectivity index (χ2n) is 10.0. The monoisotopic (exact) mass is 426 g/mol. The molecule has 3 aliphatic rings. The van der Waals surface area contributed by atoms with Crippen molar-refractivity contribution in [2.75, 3.05) is 0 Å². The number of benzene rings is 1. The molecule has 0 radical (unpaired) electrons. The number of carbonyl (C=O) groups is 1. The second-order valence-corrected chi connectivity index (χ2v) is 10.0. The summed E-state index contributed by atoms with van der Waals surface area (Å²) in [4.78, 5) is 13.1. The van der Waals surface area contributed by atoms with Crippen LogP contribution in [0.2, 0.25) is 0 Å². The maximum atomic E-state index is 13.1. The van der Waals surface area contributed by atoms with Gasteiger partial charge in [-0.05, 0) is 82.9 Å². The van der Waals surface area contributed by atoms with Crippen LogP contribution in [-0.2, 0) is 11.2 Å². The molecular formula is C27H38O4. The van der Waals surface area contributed by atoms with E-state index in [2.05, 4.69) is 32.9 Å². The van der Waals surface area contributed by atoms with Crippen LogP contribution in [0.25, 0.3) is 0 Å². The van der Waals surface area contributed by atoms with E-state index in [-0.39, 0.29) is 12.0 Å². The predicted molar refractivity (Wildman–Crippen MR) is 123 cm³/mol. The average molecular weight is 427 g/mol. The molecule has 31 heavy (non-hydrogen) atoms. The van der Waals surface area contributed by atoms with Crippen molar-refractivity contribution >= 4 is 5.97 Å². The average Bonchev–Trinajstić information content (AvgIpc) is 2.74. The van der Waals surface area contributed by atoms with Crippen LogP contribution in [0.5, 0.6) is 11.5 Å². The molecule has 170 valence electrons. The summed E-state index contributed by atoms with van der Waals surface area (Å²) in [5, 5.41) is 10.9. The molecule has 4 nitrogen and oxygen atoms in total. The Kier molecular flexibility index (Phi) is 6.76. The molecule has 1 fully saturated rings. The van der Waals surface area contributed by atoms with Crippen molar-refractivity contribution in [1.82, 2.24) is 0 Å². The number of aryl methyl sites for hydroxylation is 1. The van der Waals surface area contributed by atoms with Gasteiger partial charge in [-0.15, -0.1) is 0 Å². The van der Waals surface area contributed by atoms with Crippen LogP contribution in [0.3, 0.4) is 0 Å². The normalized spacial score (nSPS) is 26.8. The van der Waals surface area contributed by atoms with Gasteiger partial charge in [0.25, 0.3) is 0 Å². The third-order valence-electron chi connectivity index (χ3n) is 7.54. The van der Waals surface area contributed by atoms with Crippen LogP contribution in [-0.4, -0.2) is 22.8 Å². The fourth-order valence-electron chi connectivity index (χ4n) is 5.62. The summed E-state index contributed by atoms with van der Waals surface area (Å²) in [6, 6.07) is 4.19. The summed E-state index contributed by atoms with van der Waals surface area (Å²) in [5.74, 6) is 1.54. The molecule has 0 amide bonds. The third kappa shape index (κ3) is 4.69. The molecule has 1 heterocycles. The van der Waals surface area contributed by atoms with Crippen molar-refractivity contribution in [2.45, 2.75) is 109 Å². The molecule has 2 aliphatic carbocycles. The van der Waals surface area contributed by atoms with Gasteiger partial charge in [0.1, 0.15) is 11.5 Å². The van der Waals surface area contributed by atoms with Gasteiger partial charge >= 0.3 is 5.97 Å². The molecule has 1 saturated carbocycles. The first kappa shape index (κ1) is 22.4. The standard InChI is InChI=1S/C27H38O4/c1-4-5-7-10-20-16-23-25(22-15-18(2)11-12-21(22)19(3)30-23)24(17-20)31-26(28)27(29)13-8-6-9-14-27/h15-17,19,21-22,29H,4-14H2,1-3H3/t19?,21-,22?/m0/s1. The first-order chi connectivity index (χ1) is 14.9. The van der Waals surface area contributed by atoms with Gasteiger partial charge in [0.2, 0.25) is 0 Å². The highest BCUT2D eigenvalue weighted by molar-refractivity contribution is 5.82. The Morgan fingerprint density at radius 3 is 2.74 bits per heavy atom. The van der Waals surface area contributed by atoms with E-state index in [1.807, 2.05) is 6.07 Å². The molecular weight excluding hydrogens is 388 g/mol. The summed E-state index contributed by atoms with van der Waals surface area (Å²) in [7, 11) is 0. The number of rotatable bonds is 6. The summed E-state index contributed by atoms with van der Waals surface area (Å²) >= 11 is 0. The zero-order valence-corrected chi connectivity index (χ0v) is 19.4. The van der Waals surface area contributed by atoms with Crippen LogP contribution in [0.15, 0.2) is 23.8 Å². The van der Waals surface area contributed by atoms with E-state index in [0.717, 1.165) is 61.8 Å². The van der Waals surface area contributed by atoms with Gasteiger partial charge < -0.3 is 14.6 Å². The number of aliphatic hydroxyl groups is 1. The molecule has 3 atom stereocenters. The number of hydrogen-bond donors (Lipinski definition) is 1. The van der Waals surface area contributed by atoms with E-state index >= 15 is 0 Å².